The smallest absolute Gasteiger partial charge is 0.311 e. The van der Waals surface area contributed by atoms with Crippen LogP contribution < -0.4 is 0 Å². The van der Waals surface area contributed by atoms with Gasteiger partial charge in [-0.2, -0.15) is 61.5 Å². The number of halogens is 14. The first kappa shape index (κ1) is 32.3. The maximum absolute atomic E-state index is 13.2. The van der Waals surface area contributed by atoms with E-state index in [1.165, 1.54) is 0 Å². The van der Waals surface area contributed by atoms with E-state index in [0.29, 0.717) is 0 Å². The normalized spacial score (nSPS) is 18.7. The molecule has 0 rings (SSSR count). The van der Waals surface area contributed by atoms with Gasteiger partial charge in [-0.05, 0) is 0 Å². The largest absolute Gasteiger partial charge is 0.459 e. The van der Waals surface area contributed by atoms with Crippen LogP contribution in [0.5, 0.6) is 0 Å². The molecular weight excluding hydrogens is 556 g/mol. The molecule has 0 amide bonds. The molecule has 0 N–H and O–H groups in total. The SMILES string of the molecule is COP(=O)(CP(=O)(OC)OCC(F)(F)C(F)(F)C(F)(F)F)OCC(F)(F)C(F)(F)C(F)(F)F. The second kappa shape index (κ2) is 9.76. The quantitative estimate of drug-likeness (QED) is 0.203. The van der Waals surface area contributed by atoms with Crippen molar-refractivity contribution in [3.63, 3.8) is 0 Å². The lowest BCUT2D eigenvalue weighted by Gasteiger charge is -2.30. The van der Waals surface area contributed by atoms with Gasteiger partial charge < -0.3 is 18.1 Å². The predicted octanol–water partition coefficient (Wildman–Crippen LogP) is 6.32. The molecule has 6 nitrogen and oxygen atoms in total. The molecule has 2 atom stereocenters. The van der Waals surface area contributed by atoms with Crippen molar-refractivity contribution in [1.29, 1.82) is 0 Å². The molecule has 22 heteroatoms. The van der Waals surface area contributed by atoms with Crippen molar-refractivity contribution in [2.24, 2.45) is 0 Å². The molecule has 0 aromatic heterocycles. The van der Waals surface area contributed by atoms with Gasteiger partial charge in [0.15, 0.2) is 5.90 Å². The molecule has 0 fully saturated rings. The summed E-state index contributed by atoms with van der Waals surface area (Å²) in [5.74, 6) is -27.9. The topological polar surface area (TPSA) is 71.1 Å². The number of alkyl halides is 14. The van der Waals surface area contributed by atoms with E-state index in [1.54, 1.807) is 0 Å². The highest BCUT2D eigenvalue weighted by molar-refractivity contribution is 7.71. The van der Waals surface area contributed by atoms with Crippen molar-refractivity contribution in [3.8, 4) is 0 Å². The van der Waals surface area contributed by atoms with Crippen molar-refractivity contribution < 1.29 is 88.7 Å². The van der Waals surface area contributed by atoms with Gasteiger partial charge in [0, 0.05) is 14.2 Å². The monoisotopic (exact) mass is 568 g/mol. The molecular formula is C11H12F14O6P2. The van der Waals surface area contributed by atoms with Crippen molar-refractivity contribution in [3.05, 3.63) is 0 Å². The second-order valence-electron chi connectivity index (χ2n) is 5.83. The molecule has 0 aliphatic heterocycles. The Hall–Kier alpha value is -0.680. The Morgan fingerprint density at radius 1 is 0.545 bits per heavy atom. The van der Waals surface area contributed by atoms with Gasteiger partial charge in [0.2, 0.25) is 0 Å². The Morgan fingerprint density at radius 2 is 0.788 bits per heavy atom. The lowest BCUT2D eigenvalue weighted by Crippen LogP contribution is -2.54. The third-order valence-corrected chi connectivity index (χ3v) is 8.35. The maximum atomic E-state index is 13.2. The van der Waals surface area contributed by atoms with Crippen molar-refractivity contribution in [2.75, 3.05) is 33.3 Å². The van der Waals surface area contributed by atoms with Crippen LogP contribution in [0, 0.1) is 0 Å². The van der Waals surface area contributed by atoms with Crippen LogP contribution in [0.25, 0.3) is 0 Å². The van der Waals surface area contributed by atoms with E-state index >= 15 is 0 Å². The molecule has 2 unspecified atom stereocenters. The number of hydrogen-bond donors (Lipinski definition) is 0. The first-order valence-electron chi connectivity index (χ1n) is 7.47. The van der Waals surface area contributed by atoms with E-state index in [4.69, 9.17) is 0 Å². The Morgan fingerprint density at radius 3 is 0.970 bits per heavy atom. The molecule has 0 saturated carbocycles. The Labute approximate surface area is 174 Å². The van der Waals surface area contributed by atoms with Crippen molar-refractivity contribution in [2.45, 2.75) is 36.0 Å². The molecule has 0 aliphatic rings. The minimum Gasteiger partial charge on any atom is -0.311 e. The van der Waals surface area contributed by atoms with Gasteiger partial charge in [-0.3, -0.25) is 9.13 Å². The molecule has 0 bridgehead atoms. The van der Waals surface area contributed by atoms with E-state index in [1.807, 2.05) is 0 Å². The summed E-state index contributed by atoms with van der Waals surface area (Å²) in [6.45, 7) is -6.06. The number of hydrogen-bond acceptors (Lipinski definition) is 6. The summed E-state index contributed by atoms with van der Waals surface area (Å²) in [7, 11) is -10.6. The summed E-state index contributed by atoms with van der Waals surface area (Å²) in [5, 5.41) is 0. The van der Waals surface area contributed by atoms with E-state index in [9.17, 15) is 70.6 Å². The molecule has 0 spiro atoms. The van der Waals surface area contributed by atoms with Crippen LogP contribution in [0.1, 0.15) is 0 Å². The zero-order chi connectivity index (χ0) is 26.9. The Bertz CT molecular complexity index is 702. The Kier molecular flexibility index (Phi) is 9.56. The first-order chi connectivity index (χ1) is 14.2. The van der Waals surface area contributed by atoms with Gasteiger partial charge >= 0.3 is 51.2 Å². The van der Waals surface area contributed by atoms with Crippen LogP contribution in [0.2, 0.25) is 0 Å². The average Bonchev–Trinajstić information content (AvgIpc) is 2.63. The fourth-order valence-electron chi connectivity index (χ4n) is 1.47. The third-order valence-electron chi connectivity index (χ3n) is 3.42. The zero-order valence-electron chi connectivity index (χ0n) is 15.8. The van der Waals surface area contributed by atoms with Gasteiger partial charge in [-0.1, -0.05) is 0 Å². The third kappa shape index (κ3) is 7.16. The van der Waals surface area contributed by atoms with E-state index < -0.39 is 70.4 Å². The minimum absolute atomic E-state index is 0.243. The number of rotatable bonds is 12. The molecule has 0 saturated heterocycles. The minimum atomic E-state index is -6.84. The first-order valence-corrected chi connectivity index (χ1v) is 10.9. The van der Waals surface area contributed by atoms with Crippen LogP contribution in [0.15, 0.2) is 0 Å². The van der Waals surface area contributed by atoms with E-state index in [-0.39, 0.29) is 14.2 Å². The predicted molar refractivity (Wildman–Crippen MR) is 77.9 cm³/mol. The zero-order valence-corrected chi connectivity index (χ0v) is 17.5. The maximum Gasteiger partial charge on any atom is 0.459 e. The van der Waals surface area contributed by atoms with Crippen molar-refractivity contribution in [1.82, 2.24) is 0 Å². The fourth-order valence-corrected chi connectivity index (χ4v) is 5.67. The summed E-state index contributed by atoms with van der Waals surface area (Å²) in [6.07, 6.45) is -13.7. The van der Waals surface area contributed by atoms with Crippen LogP contribution in [0.4, 0.5) is 61.5 Å². The van der Waals surface area contributed by atoms with Crippen LogP contribution in [0.3, 0.4) is 0 Å². The summed E-state index contributed by atoms with van der Waals surface area (Å²) in [5.41, 5.74) is 0. The highest BCUT2D eigenvalue weighted by Gasteiger charge is 2.74. The summed E-state index contributed by atoms with van der Waals surface area (Å²) < 4.78 is 216. The molecule has 200 valence electrons. The fraction of sp³-hybridized carbons (Fsp3) is 1.00. The summed E-state index contributed by atoms with van der Waals surface area (Å²) >= 11 is 0. The van der Waals surface area contributed by atoms with Crippen molar-refractivity contribution >= 4 is 15.2 Å². The van der Waals surface area contributed by atoms with Gasteiger partial charge in [0.05, 0.1) is 0 Å². The van der Waals surface area contributed by atoms with Gasteiger partial charge in [-0.25, -0.2) is 0 Å². The molecule has 33 heavy (non-hydrogen) atoms. The Balaban J connectivity index is 5.63. The van der Waals surface area contributed by atoms with E-state index in [0.717, 1.165) is 0 Å². The highest BCUT2D eigenvalue weighted by atomic mass is 31.2. The summed E-state index contributed by atoms with van der Waals surface area (Å²) in [6, 6.07) is 0. The van der Waals surface area contributed by atoms with Gasteiger partial charge in [0.25, 0.3) is 0 Å². The van der Waals surface area contributed by atoms with Gasteiger partial charge in [0.1, 0.15) is 13.2 Å². The molecule has 0 heterocycles. The van der Waals surface area contributed by atoms with Gasteiger partial charge in [-0.15, -0.1) is 0 Å². The van der Waals surface area contributed by atoms with Crippen LogP contribution >= 0.6 is 15.2 Å². The lowest BCUT2D eigenvalue weighted by atomic mass is 10.2. The molecule has 0 aromatic carbocycles. The van der Waals surface area contributed by atoms with E-state index in [2.05, 4.69) is 18.1 Å². The summed E-state index contributed by atoms with van der Waals surface area (Å²) in [4.78, 5) is 0. The molecule has 0 aromatic rings. The lowest BCUT2D eigenvalue weighted by molar-refractivity contribution is -0.358. The molecule has 0 radical (unpaired) electrons. The second-order valence-corrected chi connectivity index (χ2v) is 10.7. The standard InChI is InChI=1S/C11H12F14O6P2/c1-28-32(26,30-3-6(12,13)8(16,17)10(20,21)22)5-33(27,29-2)31-4-7(14,15)9(18,19)11(23,24)25/h3-5H2,1-2H3. The van der Waals surface area contributed by atoms with Crippen LogP contribution in [-0.4, -0.2) is 69.4 Å². The average molecular weight is 568 g/mol. The molecule has 0 aliphatic carbocycles. The highest BCUT2D eigenvalue weighted by Crippen LogP contribution is 2.64. The van der Waals surface area contributed by atoms with Crippen LogP contribution in [-0.2, 0) is 27.2 Å².